The molecule has 0 aromatic heterocycles. The van der Waals surface area contributed by atoms with Crippen LogP contribution >= 0.6 is 0 Å². The maximum atomic E-state index is 11.0. The Morgan fingerprint density at radius 1 is 1.55 bits per heavy atom. The summed E-state index contributed by atoms with van der Waals surface area (Å²) >= 11 is 0. The smallest absolute Gasteiger partial charge is 0.250 e. The number of nitrogens with one attached hydrogen (secondary N) is 1. The second kappa shape index (κ2) is 5.71. The molecular weight excluding hydrogens is 138 g/mol. The van der Waals surface area contributed by atoms with E-state index >= 15 is 0 Å². The van der Waals surface area contributed by atoms with E-state index in [0.29, 0.717) is 12.1 Å². The lowest BCUT2D eigenvalue weighted by Crippen LogP contribution is -2.23. The molecule has 2 nitrogen and oxygen atoms in total. The summed E-state index contributed by atoms with van der Waals surface area (Å²) in [6, 6.07) is 0. The van der Waals surface area contributed by atoms with Gasteiger partial charge >= 0.3 is 0 Å². The van der Waals surface area contributed by atoms with Crippen LogP contribution in [0.25, 0.3) is 0 Å². The lowest BCUT2D eigenvalue weighted by atomic mass is 10.2. The molecule has 0 spiro atoms. The zero-order chi connectivity index (χ0) is 8.69. The number of hydrogen-bond donors (Lipinski definition) is 1. The molecule has 11 heavy (non-hydrogen) atoms. The van der Waals surface area contributed by atoms with Crippen molar-refractivity contribution >= 4 is 5.91 Å². The first-order valence-electron chi connectivity index (χ1n) is 3.86. The van der Waals surface area contributed by atoms with E-state index in [1.807, 2.05) is 19.9 Å². The topological polar surface area (TPSA) is 29.1 Å². The van der Waals surface area contributed by atoms with Gasteiger partial charge in [-0.3, -0.25) is 4.79 Å². The van der Waals surface area contributed by atoms with Crippen LogP contribution in [0.1, 0.15) is 20.3 Å². The molecule has 62 valence electrons. The van der Waals surface area contributed by atoms with E-state index < -0.39 is 0 Å². The largest absolute Gasteiger partial charge is 0.352 e. The third-order valence-corrected chi connectivity index (χ3v) is 1.18. The van der Waals surface area contributed by atoms with Crippen molar-refractivity contribution in [2.45, 2.75) is 20.3 Å². The molecule has 0 aromatic carbocycles. The van der Waals surface area contributed by atoms with Crippen molar-refractivity contribution < 1.29 is 4.79 Å². The standard InChI is InChI=1S/C9H15NO/c1-4-6-7-8(3)9(11)10-5-2/h6-7H,3-5H2,1-2H3,(H,10,11)/b7-6-. The van der Waals surface area contributed by atoms with E-state index in [-0.39, 0.29) is 5.91 Å². The summed E-state index contributed by atoms with van der Waals surface area (Å²) in [5.74, 6) is -0.0859. The molecule has 0 radical (unpaired) electrons. The van der Waals surface area contributed by atoms with Gasteiger partial charge in [-0.1, -0.05) is 25.7 Å². The van der Waals surface area contributed by atoms with Gasteiger partial charge in [0.2, 0.25) is 0 Å². The molecule has 0 saturated carbocycles. The van der Waals surface area contributed by atoms with Crippen LogP contribution in [0.15, 0.2) is 24.3 Å². The number of allylic oxidation sites excluding steroid dienone is 1. The van der Waals surface area contributed by atoms with Crippen LogP contribution < -0.4 is 5.32 Å². The Hall–Kier alpha value is -1.05. The summed E-state index contributed by atoms with van der Waals surface area (Å²) < 4.78 is 0. The predicted molar refractivity (Wildman–Crippen MR) is 47.3 cm³/mol. The van der Waals surface area contributed by atoms with Gasteiger partial charge in [-0.15, -0.1) is 0 Å². The minimum absolute atomic E-state index is 0.0859. The summed E-state index contributed by atoms with van der Waals surface area (Å²) in [5.41, 5.74) is 0.522. The Morgan fingerprint density at radius 3 is 2.64 bits per heavy atom. The quantitative estimate of drug-likeness (QED) is 0.483. The fraction of sp³-hybridized carbons (Fsp3) is 0.444. The second-order valence-corrected chi connectivity index (χ2v) is 2.20. The number of carbonyl (C=O) groups excluding carboxylic acids is 1. The van der Waals surface area contributed by atoms with Crippen LogP contribution in [0.4, 0.5) is 0 Å². The molecule has 0 aliphatic carbocycles. The molecule has 0 aliphatic heterocycles. The summed E-state index contributed by atoms with van der Waals surface area (Å²) in [7, 11) is 0. The van der Waals surface area contributed by atoms with Crippen LogP contribution in [0.3, 0.4) is 0 Å². The van der Waals surface area contributed by atoms with Gasteiger partial charge in [-0.25, -0.2) is 0 Å². The predicted octanol–water partition coefficient (Wildman–Crippen LogP) is 1.64. The number of hydrogen-bond acceptors (Lipinski definition) is 1. The first-order chi connectivity index (χ1) is 5.22. The van der Waals surface area contributed by atoms with Crippen molar-refractivity contribution in [2.75, 3.05) is 6.54 Å². The zero-order valence-electron chi connectivity index (χ0n) is 7.18. The number of rotatable bonds is 4. The third kappa shape index (κ3) is 4.37. The number of likely N-dealkylation sites (N-methyl/N-ethyl adjacent to an activating group) is 1. The first kappa shape index (κ1) is 9.95. The average Bonchev–Trinajstić information content (AvgIpc) is 2.00. The van der Waals surface area contributed by atoms with Crippen molar-refractivity contribution in [1.82, 2.24) is 5.32 Å². The SMILES string of the molecule is C=C(/C=C\CC)C(=O)NCC. The van der Waals surface area contributed by atoms with E-state index in [1.54, 1.807) is 6.08 Å². The lowest BCUT2D eigenvalue weighted by molar-refractivity contribution is -0.117. The Morgan fingerprint density at radius 2 is 2.18 bits per heavy atom. The maximum absolute atomic E-state index is 11.0. The van der Waals surface area contributed by atoms with E-state index in [2.05, 4.69) is 11.9 Å². The van der Waals surface area contributed by atoms with E-state index in [0.717, 1.165) is 6.42 Å². The highest BCUT2D eigenvalue weighted by Gasteiger charge is 1.98. The van der Waals surface area contributed by atoms with Crippen LogP contribution in [0.5, 0.6) is 0 Å². The minimum Gasteiger partial charge on any atom is -0.352 e. The average molecular weight is 153 g/mol. The molecule has 0 heterocycles. The van der Waals surface area contributed by atoms with E-state index in [4.69, 9.17) is 0 Å². The monoisotopic (exact) mass is 153 g/mol. The minimum atomic E-state index is -0.0859. The fourth-order valence-electron chi connectivity index (χ4n) is 0.610. The molecule has 1 amide bonds. The summed E-state index contributed by atoms with van der Waals surface area (Å²) in [4.78, 5) is 11.0. The zero-order valence-corrected chi connectivity index (χ0v) is 7.18. The van der Waals surface area contributed by atoms with Crippen molar-refractivity contribution in [3.63, 3.8) is 0 Å². The van der Waals surface area contributed by atoms with Gasteiger partial charge in [-0.05, 0) is 13.3 Å². The molecule has 0 atom stereocenters. The van der Waals surface area contributed by atoms with Crippen molar-refractivity contribution in [1.29, 1.82) is 0 Å². The van der Waals surface area contributed by atoms with Gasteiger partial charge in [0.15, 0.2) is 0 Å². The van der Waals surface area contributed by atoms with E-state index in [9.17, 15) is 4.79 Å². The van der Waals surface area contributed by atoms with Crippen molar-refractivity contribution in [3.05, 3.63) is 24.3 Å². The normalized spacial score (nSPS) is 10.0. The van der Waals surface area contributed by atoms with Gasteiger partial charge in [0.25, 0.3) is 5.91 Å². The Labute approximate surface area is 68.0 Å². The second-order valence-electron chi connectivity index (χ2n) is 2.20. The Kier molecular flexibility index (Phi) is 5.17. The lowest BCUT2D eigenvalue weighted by Gasteiger charge is -1.99. The molecule has 0 bridgehead atoms. The number of carbonyl (C=O) groups is 1. The molecule has 0 unspecified atom stereocenters. The van der Waals surface area contributed by atoms with Gasteiger partial charge in [0.1, 0.15) is 0 Å². The Balaban J connectivity index is 3.83. The van der Waals surface area contributed by atoms with Gasteiger partial charge in [-0.2, -0.15) is 0 Å². The first-order valence-corrected chi connectivity index (χ1v) is 3.86. The summed E-state index contributed by atoms with van der Waals surface area (Å²) in [6.45, 7) is 8.16. The maximum Gasteiger partial charge on any atom is 0.250 e. The van der Waals surface area contributed by atoms with Crippen LogP contribution in [0.2, 0.25) is 0 Å². The molecule has 2 heteroatoms. The van der Waals surface area contributed by atoms with Crippen LogP contribution in [-0.2, 0) is 4.79 Å². The van der Waals surface area contributed by atoms with Gasteiger partial charge < -0.3 is 5.32 Å². The van der Waals surface area contributed by atoms with Crippen LogP contribution in [0, 0.1) is 0 Å². The molecule has 0 aliphatic rings. The van der Waals surface area contributed by atoms with Crippen LogP contribution in [-0.4, -0.2) is 12.5 Å². The molecule has 0 fully saturated rings. The fourth-order valence-corrected chi connectivity index (χ4v) is 0.610. The summed E-state index contributed by atoms with van der Waals surface area (Å²) in [5, 5.41) is 2.66. The highest BCUT2D eigenvalue weighted by Crippen LogP contribution is 1.93. The van der Waals surface area contributed by atoms with Gasteiger partial charge in [0, 0.05) is 12.1 Å². The third-order valence-electron chi connectivity index (χ3n) is 1.18. The molecule has 0 saturated heterocycles. The molecular formula is C9H15NO. The summed E-state index contributed by atoms with van der Waals surface area (Å²) in [6.07, 6.45) is 4.58. The molecule has 1 N–H and O–H groups in total. The van der Waals surface area contributed by atoms with E-state index in [1.165, 1.54) is 0 Å². The highest BCUT2D eigenvalue weighted by atomic mass is 16.1. The van der Waals surface area contributed by atoms with Gasteiger partial charge in [0.05, 0.1) is 0 Å². The highest BCUT2D eigenvalue weighted by molar-refractivity contribution is 5.95. The van der Waals surface area contributed by atoms with Crippen molar-refractivity contribution in [3.8, 4) is 0 Å². The number of amides is 1. The molecule has 0 aromatic rings. The van der Waals surface area contributed by atoms with Crippen molar-refractivity contribution in [2.24, 2.45) is 0 Å². The Bertz CT molecular complexity index is 170. The molecule has 0 rings (SSSR count).